The molecule has 1 amide bonds. The van der Waals surface area contributed by atoms with Gasteiger partial charge in [0.25, 0.3) is 5.91 Å². The Bertz CT molecular complexity index is 732. The molecule has 0 spiro atoms. The van der Waals surface area contributed by atoms with Crippen molar-refractivity contribution in [3.8, 4) is 5.69 Å². The largest absolute Gasteiger partial charge is 0.389 e. The highest BCUT2D eigenvalue weighted by Crippen LogP contribution is 2.40. The van der Waals surface area contributed by atoms with Crippen molar-refractivity contribution in [3.63, 3.8) is 0 Å². The second-order valence-electron chi connectivity index (χ2n) is 6.85. The Labute approximate surface area is 140 Å². The van der Waals surface area contributed by atoms with E-state index in [1.807, 2.05) is 23.1 Å². The molecule has 1 N–H and O–H groups in total. The first-order chi connectivity index (χ1) is 11.7. The second-order valence-corrected chi connectivity index (χ2v) is 6.85. The van der Waals surface area contributed by atoms with E-state index >= 15 is 0 Å². The summed E-state index contributed by atoms with van der Waals surface area (Å²) in [6.45, 7) is 1.26. The molecule has 1 aromatic heterocycles. The SMILES string of the molecule is O=C(c1cccc(-n2cnnn2)c1)N1CC[C@]2(O)CCCC[C@@H]2C1. The molecule has 7 heteroatoms. The average molecular weight is 327 g/mol. The van der Waals surface area contributed by atoms with Gasteiger partial charge in [-0.25, -0.2) is 4.68 Å². The van der Waals surface area contributed by atoms with Crippen LogP contribution in [0.2, 0.25) is 0 Å². The summed E-state index contributed by atoms with van der Waals surface area (Å²) in [6, 6.07) is 7.33. The van der Waals surface area contributed by atoms with Crippen molar-refractivity contribution < 1.29 is 9.90 Å². The average Bonchev–Trinajstić information content (AvgIpc) is 3.15. The maximum atomic E-state index is 12.9. The summed E-state index contributed by atoms with van der Waals surface area (Å²) in [6.07, 6.45) is 6.29. The molecule has 4 rings (SSSR count). The molecule has 126 valence electrons. The number of hydrogen-bond acceptors (Lipinski definition) is 5. The second kappa shape index (κ2) is 5.98. The zero-order valence-corrected chi connectivity index (χ0v) is 13.5. The highest BCUT2D eigenvalue weighted by molar-refractivity contribution is 5.94. The van der Waals surface area contributed by atoms with Crippen LogP contribution in [0.1, 0.15) is 42.5 Å². The molecular formula is C17H21N5O2. The number of amides is 1. The standard InChI is InChI=1S/C17H21N5O2/c23-16(13-4-3-6-15(10-13)22-12-18-19-20-22)21-9-8-17(24)7-2-1-5-14(17)11-21/h3-4,6,10,12,14,24H,1-2,5,7-9,11H2/t14-,17-/m1/s1. The number of fused-ring (bicyclic) bond motifs is 1. The van der Waals surface area contributed by atoms with Gasteiger partial charge in [-0.1, -0.05) is 18.9 Å². The first-order valence-corrected chi connectivity index (χ1v) is 8.51. The van der Waals surface area contributed by atoms with Crippen molar-refractivity contribution >= 4 is 5.91 Å². The van der Waals surface area contributed by atoms with Crippen molar-refractivity contribution in [2.45, 2.75) is 37.7 Å². The van der Waals surface area contributed by atoms with Crippen molar-refractivity contribution in [3.05, 3.63) is 36.2 Å². The van der Waals surface area contributed by atoms with Gasteiger partial charge in [-0.2, -0.15) is 0 Å². The molecular weight excluding hydrogens is 306 g/mol. The van der Waals surface area contributed by atoms with E-state index in [4.69, 9.17) is 0 Å². The van der Waals surface area contributed by atoms with Gasteiger partial charge < -0.3 is 10.0 Å². The van der Waals surface area contributed by atoms with Crippen LogP contribution in [-0.2, 0) is 0 Å². The van der Waals surface area contributed by atoms with Crippen molar-refractivity contribution in [1.29, 1.82) is 0 Å². The molecule has 2 atom stereocenters. The van der Waals surface area contributed by atoms with Crippen LogP contribution in [0.3, 0.4) is 0 Å². The number of hydrogen-bond donors (Lipinski definition) is 1. The van der Waals surface area contributed by atoms with E-state index < -0.39 is 5.60 Å². The molecule has 24 heavy (non-hydrogen) atoms. The van der Waals surface area contributed by atoms with Gasteiger partial charge in [-0.15, -0.1) is 5.10 Å². The summed E-state index contributed by atoms with van der Waals surface area (Å²) in [4.78, 5) is 14.8. The van der Waals surface area contributed by atoms with Gasteiger partial charge in [0.05, 0.1) is 11.3 Å². The van der Waals surface area contributed by atoms with Crippen molar-refractivity contribution in [2.24, 2.45) is 5.92 Å². The molecule has 1 aromatic carbocycles. The molecule has 2 aliphatic rings. The number of carbonyl (C=O) groups is 1. The minimum Gasteiger partial charge on any atom is -0.389 e. The number of carbonyl (C=O) groups excluding carboxylic acids is 1. The fourth-order valence-corrected chi connectivity index (χ4v) is 4.00. The molecule has 2 heterocycles. The minimum atomic E-state index is -0.566. The lowest BCUT2D eigenvalue weighted by molar-refractivity contribution is -0.0886. The van der Waals surface area contributed by atoms with Crippen molar-refractivity contribution in [2.75, 3.05) is 13.1 Å². The Balaban J connectivity index is 1.53. The van der Waals surface area contributed by atoms with E-state index in [0.29, 0.717) is 25.1 Å². The lowest BCUT2D eigenvalue weighted by Gasteiger charge is -2.47. The highest BCUT2D eigenvalue weighted by Gasteiger charge is 2.43. The molecule has 7 nitrogen and oxygen atoms in total. The van der Waals surface area contributed by atoms with Gasteiger partial charge in [0.1, 0.15) is 6.33 Å². The monoisotopic (exact) mass is 327 g/mol. The van der Waals surface area contributed by atoms with E-state index in [9.17, 15) is 9.90 Å². The maximum absolute atomic E-state index is 12.9. The van der Waals surface area contributed by atoms with Gasteiger partial charge >= 0.3 is 0 Å². The van der Waals surface area contributed by atoms with Crippen molar-refractivity contribution in [1.82, 2.24) is 25.1 Å². The summed E-state index contributed by atoms with van der Waals surface area (Å²) in [5.74, 6) is 0.212. The summed E-state index contributed by atoms with van der Waals surface area (Å²) in [5.41, 5.74) is 0.824. The zero-order valence-electron chi connectivity index (χ0n) is 13.5. The lowest BCUT2D eigenvalue weighted by Crippen LogP contribution is -2.54. The van der Waals surface area contributed by atoms with Crippen LogP contribution in [0, 0.1) is 5.92 Å². The molecule has 1 aliphatic heterocycles. The summed E-state index contributed by atoms with van der Waals surface area (Å²) in [5, 5.41) is 21.9. The number of nitrogens with zero attached hydrogens (tertiary/aromatic N) is 5. The van der Waals surface area contributed by atoms with E-state index in [0.717, 1.165) is 31.4 Å². The van der Waals surface area contributed by atoms with Gasteiger partial charge in [-0.3, -0.25) is 4.79 Å². The van der Waals surface area contributed by atoms with E-state index in [-0.39, 0.29) is 11.8 Å². The molecule has 2 fully saturated rings. The first-order valence-electron chi connectivity index (χ1n) is 8.51. The third kappa shape index (κ3) is 2.69. The number of aliphatic hydroxyl groups is 1. The van der Waals surface area contributed by atoms with Crippen LogP contribution in [0.15, 0.2) is 30.6 Å². The third-order valence-electron chi connectivity index (χ3n) is 5.42. The van der Waals surface area contributed by atoms with Crippen LogP contribution in [0.4, 0.5) is 0 Å². The van der Waals surface area contributed by atoms with E-state index in [2.05, 4.69) is 15.5 Å². The number of piperidine rings is 1. The Hall–Kier alpha value is -2.28. The van der Waals surface area contributed by atoms with Gasteiger partial charge in [-0.05, 0) is 47.9 Å². The fourth-order valence-electron chi connectivity index (χ4n) is 4.00. The third-order valence-corrected chi connectivity index (χ3v) is 5.42. The van der Waals surface area contributed by atoms with Crippen LogP contribution in [-0.4, -0.2) is 54.8 Å². The predicted octanol–water partition coefficient (Wildman–Crippen LogP) is 1.43. The Kier molecular flexibility index (Phi) is 3.80. The van der Waals surface area contributed by atoms with Crippen LogP contribution >= 0.6 is 0 Å². The Morgan fingerprint density at radius 2 is 2.21 bits per heavy atom. The molecule has 1 aliphatic carbocycles. The van der Waals surface area contributed by atoms with Gasteiger partial charge in [0.15, 0.2) is 0 Å². The van der Waals surface area contributed by atoms with Gasteiger partial charge in [0.2, 0.25) is 0 Å². The number of tetrazole rings is 1. The summed E-state index contributed by atoms with van der Waals surface area (Å²) < 4.78 is 1.53. The van der Waals surface area contributed by atoms with Crippen LogP contribution in [0.5, 0.6) is 0 Å². The highest BCUT2D eigenvalue weighted by atomic mass is 16.3. The molecule has 2 aromatic rings. The molecule has 0 bridgehead atoms. The first kappa shape index (κ1) is 15.3. The van der Waals surface area contributed by atoms with Crippen LogP contribution < -0.4 is 0 Å². The van der Waals surface area contributed by atoms with Crippen LogP contribution in [0.25, 0.3) is 5.69 Å². The summed E-state index contributed by atoms with van der Waals surface area (Å²) in [7, 11) is 0. The summed E-state index contributed by atoms with van der Waals surface area (Å²) >= 11 is 0. The number of aromatic nitrogens is 4. The minimum absolute atomic E-state index is 0.0116. The Morgan fingerprint density at radius 1 is 1.29 bits per heavy atom. The smallest absolute Gasteiger partial charge is 0.253 e. The lowest BCUT2D eigenvalue weighted by atomic mass is 9.71. The number of benzene rings is 1. The van der Waals surface area contributed by atoms with Gasteiger partial charge in [0, 0.05) is 24.6 Å². The molecule has 1 saturated carbocycles. The quantitative estimate of drug-likeness (QED) is 0.902. The molecule has 0 radical (unpaired) electrons. The predicted molar refractivity (Wildman–Crippen MR) is 86.6 cm³/mol. The normalized spacial score (nSPS) is 26.9. The fraction of sp³-hybridized carbons (Fsp3) is 0.529. The Morgan fingerprint density at radius 3 is 3.04 bits per heavy atom. The topological polar surface area (TPSA) is 84.1 Å². The molecule has 1 saturated heterocycles. The number of likely N-dealkylation sites (tertiary alicyclic amines) is 1. The number of rotatable bonds is 2. The molecule has 0 unspecified atom stereocenters. The zero-order chi connectivity index (χ0) is 16.6. The van der Waals surface area contributed by atoms with E-state index in [1.54, 1.807) is 6.07 Å². The maximum Gasteiger partial charge on any atom is 0.253 e. The van der Waals surface area contributed by atoms with E-state index in [1.165, 1.54) is 11.0 Å².